The van der Waals surface area contributed by atoms with Gasteiger partial charge < -0.3 is 10.6 Å². The summed E-state index contributed by atoms with van der Waals surface area (Å²) >= 11 is 5.89. The fourth-order valence-corrected chi connectivity index (χ4v) is 2.42. The molecule has 0 amide bonds. The third-order valence-electron chi connectivity index (χ3n) is 3.54. The fourth-order valence-electron chi connectivity index (χ4n) is 2.30. The number of rotatable bonds is 4. The van der Waals surface area contributed by atoms with Crippen molar-refractivity contribution in [1.29, 1.82) is 0 Å². The molecule has 2 rings (SSSR count). The molecule has 0 unspecified atom stereocenters. The number of hydrogen-bond donors (Lipinski definition) is 2. The van der Waals surface area contributed by atoms with Crippen molar-refractivity contribution < 1.29 is 0 Å². The van der Waals surface area contributed by atoms with Crippen molar-refractivity contribution in [2.75, 3.05) is 19.6 Å². The molecule has 0 radical (unpaired) electrons. The van der Waals surface area contributed by atoms with Crippen molar-refractivity contribution in [3.8, 4) is 0 Å². The Labute approximate surface area is 109 Å². The zero-order valence-corrected chi connectivity index (χ0v) is 11.1. The van der Waals surface area contributed by atoms with Crippen LogP contribution in [0.25, 0.3) is 0 Å². The first-order chi connectivity index (χ1) is 8.25. The lowest BCUT2D eigenvalue weighted by Gasteiger charge is -2.25. The molecule has 1 heterocycles. The van der Waals surface area contributed by atoms with Crippen LogP contribution in [0.2, 0.25) is 5.02 Å². The minimum atomic E-state index is 0.405. The van der Waals surface area contributed by atoms with Gasteiger partial charge in [-0.15, -0.1) is 0 Å². The standard InChI is InChI=1S/C14H21ClN2/c1-11(13-2-4-14(15)5-3-13)17-10-12-6-8-16-9-7-12/h2-5,11-12,16-17H,6-10H2,1H3/t11-/m0/s1. The largest absolute Gasteiger partial charge is 0.317 e. The van der Waals surface area contributed by atoms with Gasteiger partial charge in [-0.25, -0.2) is 0 Å². The van der Waals surface area contributed by atoms with E-state index in [1.807, 2.05) is 12.1 Å². The fraction of sp³-hybridized carbons (Fsp3) is 0.571. The number of hydrogen-bond acceptors (Lipinski definition) is 2. The highest BCUT2D eigenvalue weighted by atomic mass is 35.5. The van der Waals surface area contributed by atoms with Gasteiger partial charge in [0, 0.05) is 11.1 Å². The summed E-state index contributed by atoms with van der Waals surface area (Å²) in [5, 5.41) is 7.82. The topological polar surface area (TPSA) is 24.1 Å². The molecule has 94 valence electrons. The Morgan fingerprint density at radius 2 is 1.94 bits per heavy atom. The first-order valence-corrected chi connectivity index (χ1v) is 6.83. The van der Waals surface area contributed by atoms with Gasteiger partial charge in [0.15, 0.2) is 0 Å². The van der Waals surface area contributed by atoms with Crippen LogP contribution in [-0.4, -0.2) is 19.6 Å². The van der Waals surface area contributed by atoms with E-state index < -0.39 is 0 Å². The molecule has 0 saturated carbocycles. The molecule has 2 nitrogen and oxygen atoms in total. The molecule has 3 heteroatoms. The first-order valence-electron chi connectivity index (χ1n) is 6.45. The van der Waals surface area contributed by atoms with Gasteiger partial charge in [-0.05, 0) is 63.0 Å². The van der Waals surface area contributed by atoms with E-state index in [1.54, 1.807) is 0 Å². The van der Waals surface area contributed by atoms with Gasteiger partial charge in [-0.1, -0.05) is 23.7 Å². The second-order valence-corrected chi connectivity index (χ2v) is 5.31. The Morgan fingerprint density at radius 1 is 1.29 bits per heavy atom. The lowest BCUT2D eigenvalue weighted by molar-refractivity contribution is 0.345. The van der Waals surface area contributed by atoms with Crippen LogP contribution < -0.4 is 10.6 Å². The SMILES string of the molecule is C[C@H](NCC1CCNCC1)c1ccc(Cl)cc1. The lowest BCUT2D eigenvalue weighted by atomic mass is 9.97. The van der Waals surface area contributed by atoms with Crippen LogP contribution in [0.1, 0.15) is 31.4 Å². The summed E-state index contributed by atoms with van der Waals surface area (Å²) in [7, 11) is 0. The minimum Gasteiger partial charge on any atom is -0.317 e. The summed E-state index contributed by atoms with van der Waals surface area (Å²) < 4.78 is 0. The van der Waals surface area contributed by atoms with Crippen molar-refractivity contribution in [3.05, 3.63) is 34.9 Å². The normalized spacial score (nSPS) is 19.2. The maximum Gasteiger partial charge on any atom is 0.0406 e. The van der Waals surface area contributed by atoms with Crippen molar-refractivity contribution >= 4 is 11.6 Å². The maximum absolute atomic E-state index is 5.89. The van der Waals surface area contributed by atoms with Crippen LogP contribution in [0.4, 0.5) is 0 Å². The molecule has 1 aliphatic heterocycles. The molecule has 1 fully saturated rings. The minimum absolute atomic E-state index is 0.405. The predicted octanol–water partition coefficient (Wildman–Crippen LogP) is 2.99. The highest BCUT2D eigenvalue weighted by Gasteiger charge is 2.14. The Balaban J connectivity index is 1.80. The van der Waals surface area contributed by atoms with Crippen LogP contribution in [0.5, 0.6) is 0 Å². The average molecular weight is 253 g/mol. The van der Waals surface area contributed by atoms with Crippen molar-refractivity contribution in [1.82, 2.24) is 10.6 Å². The molecule has 1 aliphatic rings. The molecule has 0 spiro atoms. The number of nitrogens with one attached hydrogen (secondary N) is 2. The van der Waals surface area contributed by atoms with E-state index in [4.69, 9.17) is 11.6 Å². The van der Waals surface area contributed by atoms with Gasteiger partial charge in [0.1, 0.15) is 0 Å². The number of benzene rings is 1. The van der Waals surface area contributed by atoms with Crippen LogP contribution in [0.3, 0.4) is 0 Å². The Morgan fingerprint density at radius 3 is 2.59 bits per heavy atom. The summed E-state index contributed by atoms with van der Waals surface area (Å²) in [5.74, 6) is 0.825. The first kappa shape index (κ1) is 12.9. The molecular formula is C14H21ClN2. The van der Waals surface area contributed by atoms with E-state index in [1.165, 1.54) is 31.5 Å². The third-order valence-corrected chi connectivity index (χ3v) is 3.79. The van der Waals surface area contributed by atoms with Gasteiger partial charge in [-0.2, -0.15) is 0 Å². The van der Waals surface area contributed by atoms with E-state index in [0.29, 0.717) is 6.04 Å². The summed E-state index contributed by atoms with van der Waals surface area (Å²) in [6.07, 6.45) is 2.58. The Bertz CT molecular complexity index is 331. The molecule has 0 aliphatic carbocycles. The third kappa shape index (κ3) is 3.98. The number of piperidine rings is 1. The van der Waals surface area contributed by atoms with Crippen molar-refractivity contribution in [2.45, 2.75) is 25.8 Å². The molecule has 0 aromatic heterocycles. The summed E-state index contributed by atoms with van der Waals surface area (Å²) in [5.41, 5.74) is 1.31. The van der Waals surface area contributed by atoms with Gasteiger partial charge in [0.2, 0.25) is 0 Å². The van der Waals surface area contributed by atoms with Crippen LogP contribution >= 0.6 is 11.6 Å². The second-order valence-electron chi connectivity index (χ2n) is 4.87. The molecular weight excluding hydrogens is 232 g/mol. The molecule has 17 heavy (non-hydrogen) atoms. The Hall–Kier alpha value is -0.570. The zero-order valence-electron chi connectivity index (χ0n) is 10.4. The Kier molecular flexibility index (Phi) is 4.84. The molecule has 1 aromatic rings. The second kappa shape index (κ2) is 6.39. The van der Waals surface area contributed by atoms with Gasteiger partial charge in [-0.3, -0.25) is 0 Å². The van der Waals surface area contributed by atoms with E-state index in [-0.39, 0.29) is 0 Å². The quantitative estimate of drug-likeness (QED) is 0.861. The van der Waals surface area contributed by atoms with Gasteiger partial charge >= 0.3 is 0 Å². The van der Waals surface area contributed by atoms with E-state index in [9.17, 15) is 0 Å². The zero-order chi connectivity index (χ0) is 12.1. The lowest BCUT2D eigenvalue weighted by Crippen LogP contribution is -2.34. The van der Waals surface area contributed by atoms with Crippen LogP contribution in [-0.2, 0) is 0 Å². The van der Waals surface area contributed by atoms with E-state index >= 15 is 0 Å². The highest BCUT2D eigenvalue weighted by Crippen LogP contribution is 2.17. The molecule has 1 saturated heterocycles. The van der Waals surface area contributed by atoms with Crippen molar-refractivity contribution in [2.24, 2.45) is 5.92 Å². The van der Waals surface area contributed by atoms with Crippen LogP contribution in [0.15, 0.2) is 24.3 Å². The summed E-state index contributed by atoms with van der Waals surface area (Å²) in [4.78, 5) is 0. The van der Waals surface area contributed by atoms with E-state index in [2.05, 4.69) is 29.7 Å². The monoisotopic (exact) mass is 252 g/mol. The maximum atomic E-state index is 5.89. The highest BCUT2D eigenvalue weighted by molar-refractivity contribution is 6.30. The van der Waals surface area contributed by atoms with Crippen LogP contribution in [0, 0.1) is 5.92 Å². The van der Waals surface area contributed by atoms with Crippen molar-refractivity contribution in [3.63, 3.8) is 0 Å². The molecule has 0 bridgehead atoms. The number of halogens is 1. The molecule has 1 atom stereocenters. The smallest absolute Gasteiger partial charge is 0.0406 e. The molecule has 2 N–H and O–H groups in total. The van der Waals surface area contributed by atoms with E-state index in [0.717, 1.165) is 17.5 Å². The predicted molar refractivity (Wildman–Crippen MR) is 73.5 cm³/mol. The molecule has 1 aromatic carbocycles. The summed E-state index contributed by atoms with van der Waals surface area (Å²) in [6, 6.07) is 8.52. The van der Waals surface area contributed by atoms with Gasteiger partial charge in [0.05, 0.1) is 0 Å². The van der Waals surface area contributed by atoms with Gasteiger partial charge in [0.25, 0.3) is 0 Å². The average Bonchev–Trinajstić information content (AvgIpc) is 2.38. The summed E-state index contributed by atoms with van der Waals surface area (Å²) in [6.45, 7) is 5.67.